The van der Waals surface area contributed by atoms with Crippen molar-refractivity contribution in [1.82, 2.24) is 0 Å². The van der Waals surface area contributed by atoms with Crippen molar-refractivity contribution in [1.29, 1.82) is 0 Å². The van der Waals surface area contributed by atoms with E-state index in [2.05, 4.69) is 11.8 Å². The number of rotatable bonds is 3. The normalized spacial score (nSPS) is 9.90. The first-order chi connectivity index (χ1) is 10.1. The molecule has 1 N–H and O–H groups in total. The molecule has 0 amide bonds. The molecule has 0 saturated heterocycles. The Bertz CT molecular complexity index is 656. The van der Waals surface area contributed by atoms with Crippen LogP contribution >= 0.6 is 11.6 Å². The molecule has 0 spiro atoms. The third kappa shape index (κ3) is 4.26. The first-order valence-electron chi connectivity index (χ1n) is 6.68. The van der Waals surface area contributed by atoms with Gasteiger partial charge in [0.05, 0.1) is 0 Å². The van der Waals surface area contributed by atoms with Crippen LogP contribution in [0.25, 0.3) is 0 Å². The number of aliphatic hydroxyl groups is 1. The Hall–Kier alpha value is -1.95. The second-order valence-corrected chi connectivity index (χ2v) is 5.25. The van der Waals surface area contributed by atoms with E-state index in [-0.39, 0.29) is 6.61 Å². The highest BCUT2D eigenvalue weighted by atomic mass is 35.5. The molecular formula is C18H17ClO2. The number of hydrogen-bond acceptors (Lipinski definition) is 2. The molecule has 0 saturated carbocycles. The molecular weight excluding hydrogens is 284 g/mol. The largest absolute Gasteiger partial charge is 0.488 e. The second kappa shape index (κ2) is 7.17. The summed E-state index contributed by atoms with van der Waals surface area (Å²) in [7, 11) is 0. The third-order valence-electron chi connectivity index (χ3n) is 3.07. The lowest BCUT2D eigenvalue weighted by atomic mass is 10.1. The molecule has 0 aliphatic heterocycles. The van der Waals surface area contributed by atoms with Crippen molar-refractivity contribution in [3.05, 3.63) is 63.7 Å². The van der Waals surface area contributed by atoms with E-state index in [9.17, 15) is 0 Å². The summed E-state index contributed by atoms with van der Waals surface area (Å²) >= 11 is 6.01. The van der Waals surface area contributed by atoms with E-state index in [1.807, 2.05) is 50.2 Å². The summed E-state index contributed by atoms with van der Waals surface area (Å²) < 4.78 is 5.89. The van der Waals surface area contributed by atoms with E-state index in [0.717, 1.165) is 33.0 Å². The molecule has 2 aromatic rings. The fraction of sp³-hybridized carbons (Fsp3) is 0.222. The maximum absolute atomic E-state index is 8.66. The van der Waals surface area contributed by atoms with Crippen molar-refractivity contribution in [2.75, 3.05) is 6.61 Å². The summed E-state index contributed by atoms with van der Waals surface area (Å²) in [5, 5.41) is 9.39. The zero-order valence-corrected chi connectivity index (χ0v) is 12.9. The minimum Gasteiger partial charge on any atom is -0.488 e. The molecule has 2 nitrogen and oxygen atoms in total. The van der Waals surface area contributed by atoms with E-state index >= 15 is 0 Å². The number of benzene rings is 2. The zero-order valence-electron chi connectivity index (χ0n) is 12.1. The van der Waals surface area contributed by atoms with Crippen LogP contribution in [0.3, 0.4) is 0 Å². The highest BCUT2D eigenvalue weighted by Crippen LogP contribution is 2.27. The monoisotopic (exact) mass is 300 g/mol. The molecule has 0 bridgehead atoms. The van der Waals surface area contributed by atoms with E-state index in [1.54, 1.807) is 0 Å². The Morgan fingerprint density at radius 1 is 1.10 bits per heavy atom. The summed E-state index contributed by atoms with van der Waals surface area (Å²) in [6.45, 7) is 4.35. The molecule has 0 unspecified atom stereocenters. The van der Waals surface area contributed by atoms with Gasteiger partial charge in [-0.2, -0.15) is 0 Å². The van der Waals surface area contributed by atoms with Gasteiger partial charge in [0, 0.05) is 10.6 Å². The number of aryl methyl sites for hydroxylation is 2. The van der Waals surface area contributed by atoms with Gasteiger partial charge in [-0.3, -0.25) is 0 Å². The van der Waals surface area contributed by atoms with Crippen LogP contribution in [0, 0.1) is 25.7 Å². The molecule has 2 aromatic carbocycles. The predicted molar refractivity (Wildman–Crippen MR) is 85.7 cm³/mol. The molecule has 0 aliphatic carbocycles. The fourth-order valence-electron chi connectivity index (χ4n) is 2.11. The van der Waals surface area contributed by atoms with Gasteiger partial charge in [-0.15, -0.1) is 0 Å². The SMILES string of the molecule is Cc1cc(Cl)cc(C)c1OCc1ccc(C#CCO)cc1. The number of halogens is 1. The summed E-state index contributed by atoms with van der Waals surface area (Å²) in [6, 6.07) is 11.6. The molecule has 0 aromatic heterocycles. The van der Waals surface area contributed by atoms with E-state index in [0.29, 0.717) is 6.61 Å². The minimum atomic E-state index is -0.125. The molecule has 0 atom stereocenters. The van der Waals surface area contributed by atoms with Crippen LogP contribution < -0.4 is 4.74 Å². The summed E-state index contributed by atoms with van der Waals surface area (Å²) in [5.41, 5.74) is 4.01. The van der Waals surface area contributed by atoms with Crippen molar-refractivity contribution in [2.45, 2.75) is 20.5 Å². The van der Waals surface area contributed by atoms with Gasteiger partial charge in [0.1, 0.15) is 19.0 Å². The average Bonchev–Trinajstić information content (AvgIpc) is 2.45. The Labute approximate surface area is 130 Å². The maximum Gasteiger partial charge on any atom is 0.125 e. The minimum absolute atomic E-state index is 0.125. The molecule has 0 fully saturated rings. The average molecular weight is 301 g/mol. The van der Waals surface area contributed by atoms with Crippen molar-refractivity contribution in [3.8, 4) is 17.6 Å². The van der Waals surface area contributed by atoms with Crippen LogP contribution in [-0.2, 0) is 6.61 Å². The van der Waals surface area contributed by atoms with Crippen molar-refractivity contribution in [2.24, 2.45) is 0 Å². The van der Waals surface area contributed by atoms with Crippen LogP contribution in [-0.4, -0.2) is 11.7 Å². The van der Waals surface area contributed by atoms with Crippen LogP contribution in [0.5, 0.6) is 5.75 Å². The highest BCUT2D eigenvalue weighted by molar-refractivity contribution is 6.30. The molecule has 3 heteroatoms. The van der Waals surface area contributed by atoms with Gasteiger partial charge in [-0.1, -0.05) is 35.6 Å². The topological polar surface area (TPSA) is 29.5 Å². The Balaban J connectivity index is 2.07. The third-order valence-corrected chi connectivity index (χ3v) is 3.29. The lowest BCUT2D eigenvalue weighted by Crippen LogP contribution is -1.99. The van der Waals surface area contributed by atoms with Crippen molar-refractivity contribution >= 4 is 11.6 Å². The van der Waals surface area contributed by atoms with E-state index < -0.39 is 0 Å². The smallest absolute Gasteiger partial charge is 0.125 e. The molecule has 21 heavy (non-hydrogen) atoms. The molecule has 108 valence electrons. The molecule has 0 aliphatic rings. The standard InChI is InChI=1S/C18H17ClO2/c1-13-10-17(19)11-14(2)18(13)21-12-16-7-5-15(6-8-16)4-3-9-20/h5-8,10-11,20H,9,12H2,1-2H3. The second-order valence-electron chi connectivity index (χ2n) is 4.81. The first kappa shape index (κ1) is 15.4. The lowest BCUT2D eigenvalue weighted by Gasteiger charge is -2.12. The van der Waals surface area contributed by atoms with Gasteiger partial charge in [-0.25, -0.2) is 0 Å². The van der Waals surface area contributed by atoms with Crippen LogP contribution in [0.4, 0.5) is 0 Å². The molecule has 0 radical (unpaired) electrons. The van der Waals surface area contributed by atoms with Crippen LogP contribution in [0.2, 0.25) is 5.02 Å². The number of ether oxygens (including phenoxy) is 1. The Morgan fingerprint density at radius 3 is 2.29 bits per heavy atom. The highest BCUT2D eigenvalue weighted by Gasteiger charge is 2.06. The van der Waals surface area contributed by atoms with Gasteiger partial charge in [0.25, 0.3) is 0 Å². The van der Waals surface area contributed by atoms with Gasteiger partial charge in [0.15, 0.2) is 0 Å². The van der Waals surface area contributed by atoms with Crippen LogP contribution in [0.1, 0.15) is 22.3 Å². The summed E-state index contributed by atoms with van der Waals surface area (Å²) in [5.74, 6) is 6.37. The van der Waals surface area contributed by atoms with E-state index in [1.165, 1.54) is 0 Å². The van der Waals surface area contributed by atoms with E-state index in [4.69, 9.17) is 21.4 Å². The van der Waals surface area contributed by atoms with Gasteiger partial charge in [0.2, 0.25) is 0 Å². The predicted octanol–water partition coefficient (Wildman–Crippen LogP) is 3.88. The van der Waals surface area contributed by atoms with Crippen molar-refractivity contribution in [3.63, 3.8) is 0 Å². The fourth-order valence-corrected chi connectivity index (χ4v) is 2.43. The van der Waals surface area contributed by atoms with Gasteiger partial charge in [-0.05, 0) is 54.8 Å². The quantitative estimate of drug-likeness (QED) is 0.872. The number of aliphatic hydroxyl groups excluding tert-OH is 1. The summed E-state index contributed by atoms with van der Waals surface area (Å²) in [4.78, 5) is 0. The Morgan fingerprint density at radius 2 is 1.71 bits per heavy atom. The Kier molecular flexibility index (Phi) is 5.27. The van der Waals surface area contributed by atoms with Gasteiger partial charge < -0.3 is 9.84 Å². The maximum atomic E-state index is 8.66. The van der Waals surface area contributed by atoms with Gasteiger partial charge >= 0.3 is 0 Å². The zero-order chi connectivity index (χ0) is 15.2. The number of hydrogen-bond donors (Lipinski definition) is 1. The lowest BCUT2D eigenvalue weighted by molar-refractivity contribution is 0.302. The van der Waals surface area contributed by atoms with Crippen LogP contribution in [0.15, 0.2) is 36.4 Å². The first-order valence-corrected chi connectivity index (χ1v) is 7.06. The molecule has 0 heterocycles. The molecule has 2 rings (SSSR count). The van der Waals surface area contributed by atoms with Crippen molar-refractivity contribution < 1.29 is 9.84 Å². The summed E-state index contributed by atoms with van der Waals surface area (Å²) in [6.07, 6.45) is 0.